The molecule has 2 heterocycles. The van der Waals surface area contributed by atoms with E-state index in [2.05, 4.69) is 15.3 Å². The zero-order chi connectivity index (χ0) is 9.26. The van der Waals surface area contributed by atoms with Gasteiger partial charge in [0, 0.05) is 12.1 Å². The summed E-state index contributed by atoms with van der Waals surface area (Å²) in [7, 11) is 0. The van der Waals surface area contributed by atoms with Crippen LogP contribution in [0.25, 0.3) is 0 Å². The van der Waals surface area contributed by atoms with Gasteiger partial charge in [-0.25, -0.2) is 9.97 Å². The highest BCUT2D eigenvalue weighted by atomic mass is 35.5. The van der Waals surface area contributed by atoms with Gasteiger partial charge in [-0.2, -0.15) is 0 Å². The summed E-state index contributed by atoms with van der Waals surface area (Å²) in [6, 6.07) is 0. The Labute approximate surface area is 86.5 Å². The summed E-state index contributed by atoms with van der Waals surface area (Å²) in [5, 5.41) is 3.98. The fourth-order valence-electron chi connectivity index (χ4n) is 1.46. The number of hydrogen-bond donors (Lipinski definition) is 1. The van der Waals surface area contributed by atoms with Crippen molar-refractivity contribution >= 4 is 23.2 Å². The van der Waals surface area contributed by atoms with Crippen LogP contribution in [0.2, 0.25) is 10.4 Å². The predicted molar refractivity (Wildman–Crippen MR) is 52.1 cm³/mol. The first-order valence-electron chi connectivity index (χ1n) is 4.19. The Balaban J connectivity index is 2.47. The predicted octanol–water partition coefficient (Wildman–Crippen LogP) is 1.82. The van der Waals surface area contributed by atoms with Crippen molar-refractivity contribution in [3.8, 4) is 0 Å². The summed E-state index contributed by atoms with van der Waals surface area (Å²) in [6.07, 6.45) is 2.00. The number of nitrogens with zero attached hydrogens (tertiary/aromatic N) is 2. The molecule has 1 aromatic heterocycles. The van der Waals surface area contributed by atoms with E-state index >= 15 is 0 Å². The van der Waals surface area contributed by atoms with Crippen LogP contribution in [0.1, 0.15) is 17.7 Å². The van der Waals surface area contributed by atoms with E-state index in [0.717, 1.165) is 37.2 Å². The molecule has 0 spiro atoms. The van der Waals surface area contributed by atoms with Gasteiger partial charge < -0.3 is 5.32 Å². The molecule has 0 aliphatic carbocycles. The van der Waals surface area contributed by atoms with Crippen LogP contribution in [0, 0.1) is 0 Å². The zero-order valence-electron chi connectivity index (χ0n) is 6.98. The van der Waals surface area contributed by atoms with Crippen molar-refractivity contribution in [2.24, 2.45) is 0 Å². The van der Waals surface area contributed by atoms with Gasteiger partial charge in [0.1, 0.15) is 5.15 Å². The molecule has 13 heavy (non-hydrogen) atoms. The molecule has 1 aliphatic heterocycles. The number of halogens is 2. The Bertz CT molecular complexity index is 327. The smallest absolute Gasteiger partial charge is 0.224 e. The van der Waals surface area contributed by atoms with Gasteiger partial charge in [-0.15, -0.1) is 0 Å². The van der Waals surface area contributed by atoms with Crippen molar-refractivity contribution in [1.29, 1.82) is 0 Å². The SMILES string of the molecule is Clc1nc(Cl)c2c(n1)CNCCC2. The van der Waals surface area contributed by atoms with E-state index in [1.165, 1.54) is 0 Å². The Morgan fingerprint density at radius 3 is 2.92 bits per heavy atom. The van der Waals surface area contributed by atoms with Gasteiger partial charge in [-0.05, 0) is 31.0 Å². The molecule has 1 N–H and O–H groups in total. The molecule has 1 aromatic rings. The average Bonchev–Trinajstić information content (AvgIpc) is 2.28. The lowest BCUT2D eigenvalue weighted by atomic mass is 10.1. The fourth-order valence-corrected chi connectivity index (χ4v) is 1.98. The molecule has 0 atom stereocenters. The molecule has 0 aromatic carbocycles. The van der Waals surface area contributed by atoms with Gasteiger partial charge >= 0.3 is 0 Å². The molecule has 0 saturated carbocycles. The summed E-state index contributed by atoms with van der Waals surface area (Å²) < 4.78 is 0. The zero-order valence-corrected chi connectivity index (χ0v) is 8.49. The minimum absolute atomic E-state index is 0.229. The van der Waals surface area contributed by atoms with Gasteiger partial charge in [-0.3, -0.25) is 0 Å². The number of aromatic nitrogens is 2. The Kier molecular flexibility index (Phi) is 2.67. The van der Waals surface area contributed by atoms with E-state index in [4.69, 9.17) is 23.2 Å². The molecule has 0 fully saturated rings. The normalized spacial score (nSPS) is 16.5. The van der Waals surface area contributed by atoms with Crippen LogP contribution in [0.4, 0.5) is 0 Å². The number of hydrogen-bond acceptors (Lipinski definition) is 3. The second kappa shape index (κ2) is 3.78. The highest BCUT2D eigenvalue weighted by Gasteiger charge is 2.14. The minimum atomic E-state index is 0.229. The molecule has 5 heteroatoms. The molecule has 0 radical (unpaired) electrons. The van der Waals surface area contributed by atoms with Gasteiger partial charge in [0.2, 0.25) is 5.28 Å². The van der Waals surface area contributed by atoms with E-state index in [1.807, 2.05) is 0 Å². The molecule has 70 valence electrons. The Morgan fingerprint density at radius 2 is 2.08 bits per heavy atom. The third-order valence-electron chi connectivity index (χ3n) is 2.09. The van der Waals surface area contributed by atoms with E-state index in [9.17, 15) is 0 Å². The molecular weight excluding hydrogens is 209 g/mol. The molecule has 1 aliphatic rings. The topological polar surface area (TPSA) is 37.8 Å². The van der Waals surface area contributed by atoms with Crippen LogP contribution in [0.3, 0.4) is 0 Å². The number of nitrogens with one attached hydrogen (secondary N) is 1. The van der Waals surface area contributed by atoms with Gasteiger partial charge in [0.25, 0.3) is 0 Å². The maximum Gasteiger partial charge on any atom is 0.224 e. The standard InChI is InChI=1S/C8H9Cl2N3/c9-7-5-2-1-3-11-4-6(5)12-8(10)13-7/h11H,1-4H2. The van der Waals surface area contributed by atoms with Gasteiger partial charge in [0.15, 0.2) is 0 Å². The number of fused-ring (bicyclic) bond motifs is 1. The first-order chi connectivity index (χ1) is 6.27. The van der Waals surface area contributed by atoms with Crippen molar-refractivity contribution in [2.75, 3.05) is 6.54 Å². The molecule has 2 rings (SSSR count). The summed E-state index contributed by atoms with van der Waals surface area (Å²) in [5.41, 5.74) is 1.97. The third kappa shape index (κ3) is 1.93. The first-order valence-corrected chi connectivity index (χ1v) is 4.94. The Morgan fingerprint density at radius 1 is 1.23 bits per heavy atom. The average molecular weight is 218 g/mol. The second-order valence-corrected chi connectivity index (χ2v) is 3.69. The highest BCUT2D eigenvalue weighted by Crippen LogP contribution is 2.21. The number of rotatable bonds is 0. The first kappa shape index (κ1) is 9.19. The monoisotopic (exact) mass is 217 g/mol. The molecular formula is C8H9Cl2N3. The van der Waals surface area contributed by atoms with Crippen molar-refractivity contribution < 1.29 is 0 Å². The van der Waals surface area contributed by atoms with Crippen molar-refractivity contribution in [1.82, 2.24) is 15.3 Å². The van der Waals surface area contributed by atoms with E-state index in [0.29, 0.717) is 5.15 Å². The highest BCUT2D eigenvalue weighted by molar-refractivity contribution is 6.32. The van der Waals surface area contributed by atoms with Crippen LogP contribution in [0.15, 0.2) is 0 Å². The van der Waals surface area contributed by atoms with Gasteiger partial charge in [0.05, 0.1) is 5.69 Å². The quantitative estimate of drug-likeness (QED) is 0.533. The maximum atomic E-state index is 5.96. The van der Waals surface area contributed by atoms with E-state index < -0.39 is 0 Å². The fraction of sp³-hybridized carbons (Fsp3) is 0.500. The molecule has 0 unspecified atom stereocenters. The minimum Gasteiger partial charge on any atom is -0.311 e. The summed E-state index contributed by atoms with van der Waals surface area (Å²) in [4.78, 5) is 8.06. The summed E-state index contributed by atoms with van der Waals surface area (Å²) in [5.74, 6) is 0. The molecule has 0 amide bonds. The third-order valence-corrected chi connectivity index (χ3v) is 2.57. The van der Waals surface area contributed by atoms with Crippen LogP contribution in [-0.2, 0) is 13.0 Å². The van der Waals surface area contributed by atoms with Gasteiger partial charge in [-0.1, -0.05) is 11.6 Å². The van der Waals surface area contributed by atoms with Crippen molar-refractivity contribution in [2.45, 2.75) is 19.4 Å². The molecule has 0 saturated heterocycles. The lowest BCUT2D eigenvalue weighted by Gasteiger charge is -2.05. The largest absolute Gasteiger partial charge is 0.311 e. The summed E-state index contributed by atoms with van der Waals surface area (Å²) >= 11 is 11.7. The summed E-state index contributed by atoms with van der Waals surface area (Å²) in [6.45, 7) is 1.72. The van der Waals surface area contributed by atoms with Crippen LogP contribution >= 0.6 is 23.2 Å². The lowest BCUT2D eigenvalue weighted by molar-refractivity contribution is 0.674. The van der Waals surface area contributed by atoms with Crippen LogP contribution < -0.4 is 5.32 Å². The maximum absolute atomic E-state index is 5.96. The molecule has 0 bridgehead atoms. The lowest BCUT2D eigenvalue weighted by Crippen LogP contribution is -2.13. The van der Waals surface area contributed by atoms with Crippen LogP contribution in [0.5, 0.6) is 0 Å². The second-order valence-electron chi connectivity index (χ2n) is 2.99. The Hall–Kier alpha value is -0.380. The molecule has 3 nitrogen and oxygen atoms in total. The van der Waals surface area contributed by atoms with Crippen molar-refractivity contribution in [3.05, 3.63) is 21.7 Å². The van der Waals surface area contributed by atoms with Crippen molar-refractivity contribution in [3.63, 3.8) is 0 Å². The van der Waals surface area contributed by atoms with E-state index in [-0.39, 0.29) is 5.28 Å². The van der Waals surface area contributed by atoms with E-state index in [1.54, 1.807) is 0 Å². The van der Waals surface area contributed by atoms with Crippen LogP contribution in [-0.4, -0.2) is 16.5 Å².